The number of methoxy groups -OCH3 is 1. The van der Waals surface area contributed by atoms with E-state index in [1.165, 1.54) is 11.9 Å². The van der Waals surface area contributed by atoms with Gasteiger partial charge in [-0.2, -0.15) is 5.10 Å². The average Bonchev–Trinajstić information content (AvgIpc) is 2.84. The minimum absolute atomic E-state index is 0.131. The van der Waals surface area contributed by atoms with E-state index in [4.69, 9.17) is 4.74 Å². The van der Waals surface area contributed by atoms with Crippen LogP contribution in [0.25, 0.3) is 0 Å². The van der Waals surface area contributed by atoms with Gasteiger partial charge in [0.15, 0.2) is 0 Å². The fourth-order valence-corrected chi connectivity index (χ4v) is 2.00. The first-order valence-electron chi connectivity index (χ1n) is 6.29. The van der Waals surface area contributed by atoms with Gasteiger partial charge >= 0.3 is 0 Å². The molecular weight excluding hydrogens is 242 g/mol. The van der Waals surface area contributed by atoms with Crippen LogP contribution in [0.15, 0.2) is 24.8 Å². The van der Waals surface area contributed by atoms with Crippen LogP contribution < -0.4 is 10.1 Å². The molecule has 0 aliphatic carbocycles. The molecule has 6 nitrogen and oxygen atoms in total. The fourth-order valence-electron chi connectivity index (χ4n) is 2.00. The van der Waals surface area contributed by atoms with Crippen LogP contribution in [0.1, 0.15) is 24.2 Å². The van der Waals surface area contributed by atoms with Crippen molar-refractivity contribution in [3.63, 3.8) is 0 Å². The Labute approximate surface area is 112 Å². The van der Waals surface area contributed by atoms with Crippen LogP contribution in [0.4, 0.5) is 0 Å². The summed E-state index contributed by atoms with van der Waals surface area (Å²) in [6, 6.07) is 2.00. The number of aryl methyl sites for hydroxylation is 1. The molecule has 2 aromatic rings. The van der Waals surface area contributed by atoms with Crippen molar-refractivity contribution in [1.82, 2.24) is 25.1 Å². The smallest absolute Gasteiger partial charge is 0.216 e. The fraction of sp³-hybridized carbons (Fsp3) is 0.462. The Balaban J connectivity index is 2.18. The lowest BCUT2D eigenvalue weighted by Gasteiger charge is -2.16. The third-order valence-electron chi connectivity index (χ3n) is 2.88. The van der Waals surface area contributed by atoms with Crippen molar-refractivity contribution in [2.24, 2.45) is 7.05 Å². The number of rotatable bonds is 6. The zero-order valence-corrected chi connectivity index (χ0v) is 11.5. The van der Waals surface area contributed by atoms with Gasteiger partial charge in [0, 0.05) is 19.3 Å². The number of hydrogen-bond donors (Lipinski definition) is 1. The molecule has 1 atom stereocenters. The second-order valence-corrected chi connectivity index (χ2v) is 4.32. The third-order valence-corrected chi connectivity index (χ3v) is 2.88. The second kappa shape index (κ2) is 6.29. The van der Waals surface area contributed by atoms with E-state index in [1.54, 1.807) is 11.8 Å². The molecule has 0 saturated heterocycles. The van der Waals surface area contributed by atoms with Crippen molar-refractivity contribution < 1.29 is 4.74 Å². The SMILES string of the molecule is CCNC(Cc1cnn(C)c1)c1cc(OC)ncn1. The molecular formula is C13H19N5O. The van der Waals surface area contributed by atoms with Crippen molar-refractivity contribution in [2.75, 3.05) is 13.7 Å². The average molecular weight is 261 g/mol. The summed E-state index contributed by atoms with van der Waals surface area (Å²) in [6.45, 7) is 2.95. The quantitative estimate of drug-likeness (QED) is 0.844. The monoisotopic (exact) mass is 261 g/mol. The summed E-state index contributed by atoms with van der Waals surface area (Å²) in [5.74, 6) is 0.582. The van der Waals surface area contributed by atoms with E-state index in [9.17, 15) is 0 Å². The first-order chi connectivity index (χ1) is 9.22. The number of aromatic nitrogens is 4. The molecule has 0 saturated carbocycles. The molecule has 0 spiro atoms. The van der Waals surface area contributed by atoms with Crippen LogP contribution >= 0.6 is 0 Å². The first-order valence-corrected chi connectivity index (χ1v) is 6.29. The highest BCUT2D eigenvalue weighted by molar-refractivity contribution is 5.19. The van der Waals surface area contributed by atoms with Crippen molar-refractivity contribution in [1.29, 1.82) is 0 Å². The highest BCUT2D eigenvalue weighted by Gasteiger charge is 2.14. The summed E-state index contributed by atoms with van der Waals surface area (Å²) in [7, 11) is 3.52. The predicted molar refractivity (Wildman–Crippen MR) is 71.9 cm³/mol. The highest BCUT2D eigenvalue weighted by atomic mass is 16.5. The number of ether oxygens (including phenoxy) is 1. The summed E-state index contributed by atoms with van der Waals surface area (Å²) in [4.78, 5) is 8.36. The molecule has 1 N–H and O–H groups in total. The number of hydrogen-bond acceptors (Lipinski definition) is 5. The van der Waals surface area contributed by atoms with Crippen LogP contribution in [-0.2, 0) is 13.5 Å². The summed E-state index contributed by atoms with van der Waals surface area (Å²) in [6.07, 6.45) is 6.26. The summed E-state index contributed by atoms with van der Waals surface area (Å²) in [5, 5.41) is 7.61. The standard InChI is InChI=1S/C13H19N5O/c1-4-14-11(5-10-7-17-18(2)8-10)12-6-13(19-3)16-9-15-12/h6-9,11,14H,4-5H2,1-3H3. The van der Waals surface area contributed by atoms with E-state index in [0.29, 0.717) is 5.88 Å². The molecule has 2 rings (SSSR count). The van der Waals surface area contributed by atoms with Crippen molar-refractivity contribution in [3.8, 4) is 5.88 Å². The van der Waals surface area contributed by atoms with Gasteiger partial charge in [-0.15, -0.1) is 0 Å². The zero-order chi connectivity index (χ0) is 13.7. The van der Waals surface area contributed by atoms with Crippen LogP contribution in [0.2, 0.25) is 0 Å². The van der Waals surface area contributed by atoms with E-state index in [1.807, 2.05) is 25.5 Å². The minimum atomic E-state index is 0.131. The Bertz CT molecular complexity index is 525. The van der Waals surface area contributed by atoms with Crippen LogP contribution in [0, 0.1) is 0 Å². The van der Waals surface area contributed by atoms with E-state index in [2.05, 4.69) is 27.3 Å². The Morgan fingerprint density at radius 1 is 1.42 bits per heavy atom. The Hall–Kier alpha value is -1.95. The lowest BCUT2D eigenvalue weighted by Crippen LogP contribution is -2.24. The highest BCUT2D eigenvalue weighted by Crippen LogP contribution is 2.18. The molecule has 0 aliphatic heterocycles. The van der Waals surface area contributed by atoms with E-state index < -0.39 is 0 Å². The van der Waals surface area contributed by atoms with Crippen molar-refractivity contribution >= 4 is 0 Å². The van der Waals surface area contributed by atoms with Gasteiger partial charge in [0.2, 0.25) is 5.88 Å². The Morgan fingerprint density at radius 2 is 2.26 bits per heavy atom. The molecule has 0 radical (unpaired) electrons. The van der Waals surface area contributed by atoms with Gasteiger partial charge in [-0.05, 0) is 18.5 Å². The van der Waals surface area contributed by atoms with E-state index >= 15 is 0 Å². The van der Waals surface area contributed by atoms with Gasteiger partial charge in [-0.25, -0.2) is 9.97 Å². The molecule has 2 heterocycles. The molecule has 2 aromatic heterocycles. The largest absolute Gasteiger partial charge is 0.481 e. The predicted octanol–water partition coefficient (Wildman–Crippen LogP) is 1.11. The number of likely N-dealkylation sites (N-methyl/N-ethyl adjacent to an activating group) is 1. The van der Waals surface area contributed by atoms with Gasteiger partial charge in [0.05, 0.1) is 25.0 Å². The van der Waals surface area contributed by atoms with Gasteiger partial charge in [-0.1, -0.05) is 6.92 Å². The van der Waals surface area contributed by atoms with Crippen LogP contribution in [0.3, 0.4) is 0 Å². The van der Waals surface area contributed by atoms with E-state index in [0.717, 1.165) is 18.7 Å². The maximum absolute atomic E-state index is 5.14. The lowest BCUT2D eigenvalue weighted by molar-refractivity contribution is 0.393. The number of nitrogens with one attached hydrogen (secondary N) is 1. The maximum Gasteiger partial charge on any atom is 0.216 e. The molecule has 102 valence electrons. The summed E-state index contributed by atoms with van der Waals surface area (Å²) < 4.78 is 6.95. The van der Waals surface area contributed by atoms with Gasteiger partial charge in [0.25, 0.3) is 0 Å². The van der Waals surface area contributed by atoms with E-state index in [-0.39, 0.29) is 6.04 Å². The first kappa shape index (κ1) is 13.5. The van der Waals surface area contributed by atoms with Crippen LogP contribution in [0.5, 0.6) is 5.88 Å². The van der Waals surface area contributed by atoms with Crippen molar-refractivity contribution in [2.45, 2.75) is 19.4 Å². The van der Waals surface area contributed by atoms with Gasteiger partial charge in [-0.3, -0.25) is 4.68 Å². The molecule has 0 fully saturated rings. The molecule has 0 bridgehead atoms. The number of nitrogens with zero attached hydrogens (tertiary/aromatic N) is 4. The van der Waals surface area contributed by atoms with Crippen LogP contribution in [-0.4, -0.2) is 33.4 Å². The summed E-state index contributed by atoms with van der Waals surface area (Å²) in [5.41, 5.74) is 2.10. The third kappa shape index (κ3) is 3.51. The Morgan fingerprint density at radius 3 is 2.89 bits per heavy atom. The Kier molecular flexibility index (Phi) is 4.46. The molecule has 6 heteroatoms. The second-order valence-electron chi connectivity index (χ2n) is 4.32. The molecule has 1 unspecified atom stereocenters. The minimum Gasteiger partial charge on any atom is -0.481 e. The van der Waals surface area contributed by atoms with Crippen molar-refractivity contribution in [3.05, 3.63) is 36.0 Å². The topological polar surface area (TPSA) is 64.9 Å². The zero-order valence-electron chi connectivity index (χ0n) is 11.5. The lowest BCUT2D eigenvalue weighted by atomic mass is 10.1. The summed E-state index contributed by atoms with van der Waals surface area (Å²) >= 11 is 0. The molecule has 0 amide bonds. The maximum atomic E-state index is 5.14. The van der Waals surface area contributed by atoms with Gasteiger partial charge < -0.3 is 10.1 Å². The van der Waals surface area contributed by atoms with Gasteiger partial charge in [0.1, 0.15) is 6.33 Å². The molecule has 19 heavy (non-hydrogen) atoms. The molecule has 0 aliphatic rings. The normalized spacial score (nSPS) is 12.4. The molecule has 0 aromatic carbocycles.